The second-order valence-electron chi connectivity index (χ2n) is 9.40. The van der Waals surface area contributed by atoms with E-state index in [1.54, 1.807) is 0 Å². The summed E-state index contributed by atoms with van der Waals surface area (Å²) in [5.41, 5.74) is 3.50. The molecule has 0 amide bonds. The van der Waals surface area contributed by atoms with Crippen LogP contribution in [0.15, 0.2) is 59.1 Å². The van der Waals surface area contributed by atoms with Crippen LogP contribution in [-0.2, 0) is 0 Å². The molecule has 5 rings (SSSR count). The highest BCUT2D eigenvalue weighted by Crippen LogP contribution is 2.30. The minimum atomic E-state index is 0.304. The van der Waals surface area contributed by atoms with Crippen molar-refractivity contribution < 1.29 is 4.52 Å². The van der Waals surface area contributed by atoms with Crippen LogP contribution in [0.5, 0.6) is 0 Å². The molecule has 0 atom stereocenters. The SMILES string of the molecule is Cc1onc(-c2ccccc2)c1NC(=S)NC1CCC(Nc2nc(N(C)C)c3ccccc3n2)CC1. The number of nitrogens with zero attached hydrogens (tertiary/aromatic N) is 4. The van der Waals surface area contributed by atoms with Crippen LogP contribution in [0.25, 0.3) is 22.2 Å². The summed E-state index contributed by atoms with van der Waals surface area (Å²) in [6, 6.07) is 18.7. The van der Waals surface area contributed by atoms with Gasteiger partial charge in [0.25, 0.3) is 0 Å². The Kier molecular flexibility index (Phi) is 6.99. The summed E-state index contributed by atoms with van der Waals surface area (Å²) < 4.78 is 5.44. The number of thiocarbonyl (C=S) groups is 1. The normalized spacial score (nSPS) is 17.5. The van der Waals surface area contributed by atoms with Gasteiger partial charge in [0.1, 0.15) is 17.2 Å². The van der Waals surface area contributed by atoms with Gasteiger partial charge < -0.3 is 25.4 Å². The van der Waals surface area contributed by atoms with Crippen molar-refractivity contribution in [3.63, 3.8) is 0 Å². The van der Waals surface area contributed by atoms with Gasteiger partial charge in [-0.2, -0.15) is 4.98 Å². The average Bonchev–Trinajstić information content (AvgIpc) is 3.24. The zero-order valence-electron chi connectivity index (χ0n) is 20.8. The summed E-state index contributed by atoms with van der Waals surface area (Å²) in [4.78, 5) is 11.6. The van der Waals surface area contributed by atoms with Gasteiger partial charge in [-0.25, -0.2) is 4.98 Å². The highest BCUT2D eigenvalue weighted by molar-refractivity contribution is 7.80. The summed E-state index contributed by atoms with van der Waals surface area (Å²) in [5, 5.41) is 16.2. The van der Waals surface area contributed by atoms with E-state index in [1.165, 1.54) is 0 Å². The molecule has 1 saturated carbocycles. The maximum absolute atomic E-state index is 5.64. The van der Waals surface area contributed by atoms with Crippen molar-refractivity contribution in [3.8, 4) is 11.3 Å². The molecule has 2 aromatic carbocycles. The summed E-state index contributed by atoms with van der Waals surface area (Å²) in [5.74, 6) is 2.31. The summed E-state index contributed by atoms with van der Waals surface area (Å²) in [6.45, 7) is 1.89. The molecule has 0 unspecified atom stereocenters. The molecular formula is C27H31N7OS. The number of hydrogen-bond donors (Lipinski definition) is 3. The van der Waals surface area contributed by atoms with E-state index in [-0.39, 0.29) is 0 Å². The molecule has 1 fully saturated rings. The third-order valence-electron chi connectivity index (χ3n) is 6.55. The van der Waals surface area contributed by atoms with Gasteiger partial charge in [0.15, 0.2) is 10.9 Å². The first-order valence-electron chi connectivity index (χ1n) is 12.3. The van der Waals surface area contributed by atoms with Gasteiger partial charge >= 0.3 is 0 Å². The number of anilines is 3. The molecule has 9 heteroatoms. The molecular weight excluding hydrogens is 470 g/mol. The Balaban J connectivity index is 1.18. The minimum absolute atomic E-state index is 0.304. The van der Waals surface area contributed by atoms with Gasteiger partial charge in [-0.05, 0) is 57.0 Å². The zero-order valence-corrected chi connectivity index (χ0v) is 21.6. The fourth-order valence-electron chi connectivity index (χ4n) is 4.68. The molecule has 2 heterocycles. The van der Waals surface area contributed by atoms with E-state index in [9.17, 15) is 0 Å². The van der Waals surface area contributed by atoms with Crippen molar-refractivity contribution in [3.05, 3.63) is 60.4 Å². The van der Waals surface area contributed by atoms with Gasteiger partial charge in [-0.15, -0.1) is 0 Å². The maximum Gasteiger partial charge on any atom is 0.225 e. The van der Waals surface area contributed by atoms with E-state index in [2.05, 4.69) is 27.2 Å². The Morgan fingerprint density at radius 1 is 0.944 bits per heavy atom. The molecule has 0 aliphatic heterocycles. The fraction of sp³-hybridized carbons (Fsp3) is 0.333. The van der Waals surface area contributed by atoms with Crippen molar-refractivity contribution in [2.24, 2.45) is 0 Å². The second kappa shape index (κ2) is 10.5. The Hall–Kier alpha value is -3.72. The lowest BCUT2D eigenvalue weighted by Gasteiger charge is -2.30. The molecule has 1 aliphatic carbocycles. The number of aromatic nitrogens is 3. The smallest absolute Gasteiger partial charge is 0.225 e. The van der Waals surface area contributed by atoms with Crippen LogP contribution in [0.4, 0.5) is 17.5 Å². The number of para-hydroxylation sites is 1. The van der Waals surface area contributed by atoms with Crippen LogP contribution in [-0.4, -0.2) is 46.4 Å². The van der Waals surface area contributed by atoms with E-state index >= 15 is 0 Å². The lowest BCUT2D eigenvalue weighted by atomic mass is 9.91. The molecule has 8 nitrogen and oxygen atoms in total. The maximum atomic E-state index is 5.64. The van der Waals surface area contributed by atoms with Crippen molar-refractivity contribution >= 4 is 45.7 Å². The molecule has 0 spiro atoms. The van der Waals surface area contributed by atoms with Crippen LogP contribution in [0.3, 0.4) is 0 Å². The number of fused-ring (bicyclic) bond motifs is 1. The highest BCUT2D eigenvalue weighted by Gasteiger charge is 2.24. The van der Waals surface area contributed by atoms with Crippen LogP contribution in [0, 0.1) is 6.92 Å². The van der Waals surface area contributed by atoms with E-state index < -0.39 is 0 Å². The predicted molar refractivity (Wildman–Crippen MR) is 150 cm³/mol. The van der Waals surface area contributed by atoms with Gasteiger partial charge in [-0.1, -0.05) is 47.6 Å². The molecule has 3 N–H and O–H groups in total. The number of rotatable bonds is 6. The molecule has 36 heavy (non-hydrogen) atoms. The van der Waals surface area contributed by atoms with E-state index in [0.29, 0.717) is 28.9 Å². The molecule has 4 aromatic rings. The van der Waals surface area contributed by atoms with Gasteiger partial charge in [0, 0.05) is 37.1 Å². The first kappa shape index (κ1) is 24.0. The van der Waals surface area contributed by atoms with Gasteiger partial charge in [-0.3, -0.25) is 0 Å². The first-order chi connectivity index (χ1) is 17.5. The van der Waals surface area contributed by atoms with Crippen LogP contribution in [0.1, 0.15) is 31.4 Å². The summed E-state index contributed by atoms with van der Waals surface area (Å²) in [6.07, 6.45) is 4.02. The topological polar surface area (TPSA) is 91.1 Å². The third-order valence-corrected chi connectivity index (χ3v) is 6.77. The largest absolute Gasteiger partial charge is 0.362 e. The molecule has 0 bridgehead atoms. The molecule has 1 aliphatic rings. The third kappa shape index (κ3) is 5.26. The average molecular weight is 502 g/mol. The van der Waals surface area contributed by atoms with Crippen molar-refractivity contribution in [1.82, 2.24) is 20.4 Å². The predicted octanol–water partition coefficient (Wildman–Crippen LogP) is 5.37. The number of hydrogen-bond acceptors (Lipinski definition) is 7. The molecule has 186 valence electrons. The van der Waals surface area contributed by atoms with Crippen LogP contribution in [0.2, 0.25) is 0 Å². The number of benzene rings is 2. The van der Waals surface area contributed by atoms with Crippen LogP contribution >= 0.6 is 12.2 Å². The minimum Gasteiger partial charge on any atom is -0.362 e. The second-order valence-corrected chi connectivity index (χ2v) is 9.81. The van der Waals surface area contributed by atoms with E-state index in [0.717, 1.165) is 59.3 Å². The van der Waals surface area contributed by atoms with Gasteiger partial charge in [0.05, 0.1) is 5.52 Å². The summed E-state index contributed by atoms with van der Waals surface area (Å²) >= 11 is 5.64. The summed E-state index contributed by atoms with van der Waals surface area (Å²) in [7, 11) is 4.02. The fourth-order valence-corrected chi connectivity index (χ4v) is 4.95. The van der Waals surface area contributed by atoms with Gasteiger partial charge in [0.2, 0.25) is 5.95 Å². The van der Waals surface area contributed by atoms with Crippen molar-refractivity contribution in [1.29, 1.82) is 0 Å². The Bertz CT molecular complexity index is 1350. The molecule has 0 saturated heterocycles. The molecule has 0 radical (unpaired) electrons. The Labute approximate surface area is 216 Å². The standard InChI is InChI=1S/C27H31N7OS/c1-17-23(24(33-35-17)18-9-5-4-6-10-18)31-27(36)29-20-15-13-19(14-16-20)28-26-30-22-12-8-7-11-21(22)25(32-26)34(2)3/h4-12,19-20H,13-16H2,1-3H3,(H,28,30,32)(H2,29,31,36). The van der Waals surface area contributed by atoms with Crippen molar-refractivity contribution in [2.45, 2.75) is 44.7 Å². The van der Waals surface area contributed by atoms with Crippen molar-refractivity contribution in [2.75, 3.05) is 29.6 Å². The van der Waals surface area contributed by atoms with E-state index in [1.807, 2.05) is 74.4 Å². The molecule has 2 aromatic heterocycles. The zero-order chi connectivity index (χ0) is 25.1. The van der Waals surface area contributed by atoms with E-state index in [4.69, 9.17) is 26.7 Å². The first-order valence-corrected chi connectivity index (χ1v) is 12.7. The highest BCUT2D eigenvalue weighted by atomic mass is 32.1. The number of nitrogens with one attached hydrogen (secondary N) is 3. The Morgan fingerprint density at radius 2 is 1.64 bits per heavy atom. The lowest BCUT2D eigenvalue weighted by molar-refractivity contribution is 0.387. The Morgan fingerprint density at radius 3 is 2.39 bits per heavy atom. The lowest BCUT2D eigenvalue weighted by Crippen LogP contribution is -2.42. The van der Waals surface area contributed by atoms with Crippen LogP contribution < -0.4 is 20.9 Å². The quantitative estimate of drug-likeness (QED) is 0.302. The monoisotopic (exact) mass is 501 g/mol. The number of aryl methyl sites for hydroxylation is 1.